The van der Waals surface area contributed by atoms with Gasteiger partial charge in [-0.25, -0.2) is 14.7 Å². The van der Waals surface area contributed by atoms with E-state index >= 15 is 0 Å². The zero-order valence-electron chi connectivity index (χ0n) is 25.6. The van der Waals surface area contributed by atoms with Crippen LogP contribution >= 0.6 is 0 Å². The zero-order chi connectivity index (χ0) is 31.3. The Bertz CT molecular complexity index is 2550. The molecule has 9 rings (SSSR count). The third-order valence-corrected chi connectivity index (χ3v) is 10.2. The van der Waals surface area contributed by atoms with E-state index < -0.39 is 0 Å². The summed E-state index contributed by atoms with van der Waals surface area (Å²) in [7, 11) is 4.07. The molecule has 0 N–H and O–H groups in total. The minimum Gasteiger partial charge on any atom is -0.872 e. The first-order valence-electron chi connectivity index (χ1n) is 15.7. The molecule has 0 atom stereocenters. The summed E-state index contributed by atoms with van der Waals surface area (Å²) in [4.78, 5) is 5.86. The van der Waals surface area contributed by atoms with Gasteiger partial charge in [0.1, 0.15) is 13.1 Å². The summed E-state index contributed by atoms with van der Waals surface area (Å²) in [6, 6.07) is 31.3. The summed E-state index contributed by atoms with van der Waals surface area (Å²) >= 11 is 0. The number of anilines is 1. The predicted octanol–water partition coefficient (Wildman–Crippen LogP) is 5.60. The van der Waals surface area contributed by atoms with E-state index in [1.807, 2.05) is 38.4 Å². The van der Waals surface area contributed by atoms with Crippen molar-refractivity contribution in [2.45, 2.75) is 12.8 Å². The van der Waals surface area contributed by atoms with E-state index in [1.54, 1.807) is 0 Å². The molecule has 0 aromatic heterocycles. The predicted molar refractivity (Wildman–Crippen MR) is 184 cm³/mol. The zero-order valence-corrected chi connectivity index (χ0v) is 25.6. The molecule has 0 saturated carbocycles. The first-order valence-corrected chi connectivity index (χ1v) is 15.7. The Labute approximate surface area is 266 Å². The highest BCUT2D eigenvalue weighted by Crippen LogP contribution is 2.52. The molecule has 6 aromatic carbocycles. The largest absolute Gasteiger partial charge is 0.872 e. The lowest BCUT2D eigenvalue weighted by atomic mass is 9.73. The second-order valence-corrected chi connectivity index (χ2v) is 12.6. The molecule has 0 spiro atoms. The summed E-state index contributed by atoms with van der Waals surface area (Å²) < 4.78 is 2.50. The molecule has 1 aliphatic carbocycles. The van der Waals surface area contributed by atoms with Gasteiger partial charge in [-0.05, 0) is 54.6 Å². The van der Waals surface area contributed by atoms with E-state index in [-0.39, 0.29) is 11.5 Å². The molecule has 0 radical (unpaired) electrons. The third kappa shape index (κ3) is 3.30. The van der Waals surface area contributed by atoms with Crippen molar-refractivity contribution in [2.24, 2.45) is 0 Å². The number of hydrogen-bond acceptors (Lipinski definition) is 3. The van der Waals surface area contributed by atoms with Crippen molar-refractivity contribution < 1.29 is 5.11 Å². The summed E-state index contributed by atoms with van der Waals surface area (Å²) in [6.45, 7) is 10.1. The van der Waals surface area contributed by atoms with Crippen LogP contribution in [0, 0.1) is 17.9 Å². The normalized spacial score (nSPS) is 16.3. The molecular weight excluding hydrogens is 564 g/mol. The van der Waals surface area contributed by atoms with Gasteiger partial charge in [0.15, 0.2) is 0 Å². The smallest absolute Gasteiger partial charge is 0.270 e. The van der Waals surface area contributed by atoms with E-state index in [2.05, 4.69) is 81.1 Å². The first-order chi connectivity index (χ1) is 22.5. The minimum absolute atomic E-state index is 0.0482. The number of benzene rings is 6. The van der Waals surface area contributed by atoms with Crippen LogP contribution < -0.4 is 25.2 Å². The lowest BCUT2D eigenvalue weighted by molar-refractivity contribution is -0.292. The van der Waals surface area contributed by atoms with Gasteiger partial charge in [-0.2, -0.15) is 0 Å². The molecule has 0 saturated heterocycles. The molecule has 0 amide bonds. The van der Waals surface area contributed by atoms with Crippen molar-refractivity contribution in [3.8, 4) is 6.07 Å². The fourth-order valence-corrected chi connectivity index (χ4v) is 8.42. The molecule has 3 aliphatic rings. The fraction of sp³-hybridized carbons (Fsp3) is 0.146. The molecule has 2 heterocycles. The molecular formula is C41H28N4O. The van der Waals surface area contributed by atoms with Gasteiger partial charge in [0.25, 0.3) is 5.70 Å². The standard InChI is InChI=1S/C41H28N4O/c1-43-31(22-42)36-37(34-25-12-4-6-14-27(25)39(44(2)3)28-15-7-5-13-26(28)34)41(46)38(36)35-29-16-8-10-23-18-20-45-21-19-24-11-9-17-30(35)33(24)40(45)32(23)29/h4-17H,18-21H2,2-3H3/b36-31-. The Kier molecular flexibility index (Phi) is 5.50. The van der Waals surface area contributed by atoms with Gasteiger partial charge >= 0.3 is 0 Å². The van der Waals surface area contributed by atoms with Crippen molar-refractivity contribution in [1.82, 2.24) is 4.58 Å². The average molecular weight is 593 g/mol. The highest BCUT2D eigenvalue weighted by Gasteiger charge is 2.34. The van der Waals surface area contributed by atoms with Gasteiger partial charge in [-0.3, -0.25) is 0 Å². The lowest BCUT2D eigenvalue weighted by Gasteiger charge is -2.38. The maximum atomic E-state index is 15.0. The quantitative estimate of drug-likeness (QED) is 0.114. The molecule has 0 unspecified atom stereocenters. The van der Waals surface area contributed by atoms with Crippen LogP contribution in [0.2, 0.25) is 0 Å². The van der Waals surface area contributed by atoms with E-state index in [9.17, 15) is 10.4 Å². The van der Waals surface area contributed by atoms with Crippen LogP contribution in [-0.4, -0.2) is 27.2 Å². The SMILES string of the molecule is [C-]#[N+]/C(C#N)=C1/C(c2c3ccccc3c(N(C)C)c3ccccc23)=C([O-])C1=c1c2cccc3c2c2c4c(cccc14)CC[N+]=2CC3. The van der Waals surface area contributed by atoms with Crippen molar-refractivity contribution in [2.75, 3.05) is 32.1 Å². The highest BCUT2D eigenvalue weighted by atomic mass is 16.3. The van der Waals surface area contributed by atoms with Crippen molar-refractivity contribution in [3.63, 3.8) is 0 Å². The second-order valence-electron chi connectivity index (χ2n) is 12.6. The number of nitriles is 1. The van der Waals surface area contributed by atoms with Gasteiger partial charge in [0.05, 0.1) is 29.1 Å². The monoisotopic (exact) mass is 592 g/mol. The van der Waals surface area contributed by atoms with Crippen LogP contribution in [0.25, 0.3) is 59.1 Å². The first kappa shape index (κ1) is 26.5. The maximum Gasteiger partial charge on any atom is 0.270 e. The molecule has 6 aromatic rings. The summed E-state index contributed by atoms with van der Waals surface area (Å²) in [5.41, 5.74) is 5.79. The van der Waals surface area contributed by atoms with E-state index in [1.165, 1.54) is 27.3 Å². The second kappa shape index (κ2) is 9.54. The molecule has 0 bridgehead atoms. The van der Waals surface area contributed by atoms with Crippen molar-refractivity contribution in [3.05, 3.63) is 141 Å². The Morgan fingerprint density at radius 2 is 1.28 bits per heavy atom. The van der Waals surface area contributed by atoms with Gasteiger partial charge in [0, 0.05) is 43.3 Å². The Morgan fingerprint density at radius 1 is 0.761 bits per heavy atom. The van der Waals surface area contributed by atoms with Gasteiger partial charge in [0.2, 0.25) is 5.36 Å². The maximum absolute atomic E-state index is 15.0. The average Bonchev–Trinajstić information content (AvgIpc) is 3.09. The van der Waals surface area contributed by atoms with Crippen molar-refractivity contribution in [1.29, 1.82) is 5.26 Å². The van der Waals surface area contributed by atoms with E-state index in [4.69, 9.17) is 6.57 Å². The Balaban J connectivity index is 1.54. The van der Waals surface area contributed by atoms with Crippen LogP contribution in [0.4, 0.5) is 5.69 Å². The van der Waals surface area contributed by atoms with Gasteiger partial charge in [-0.15, -0.1) is 0 Å². The topological polar surface area (TPSA) is 57.5 Å². The fourth-order valence-electron chi connectivity index (χ4n) is 8.42. The molecule has 0 fully saturated rings. The van der Waals surface area contributed by atoms with Gasteiger partial charge in [-0.1, -0.05) is 90.7 Å². The van der Waals surface area contributed by atoms with Gasteiger partial charge < -0.3 is 10.0 Å². The minimum atomic E-state index is -0.114. The summed E-state index contributed by atoms with van der Waals surface area (Å²) in [5, 5.41) is 35.8. The van der Waals surface area contributed by atoms with Crippen LogP contribution in [0.3, 0.4) is 0 Å². The van der Waals surface area contributed by atoms with E-state index in [0.29, 0.717) is 16.7 Å². The number of nitrogens with zero attached hydrogens (tertiary/aromatic N) is 4. The molecule has 5 heteroatoms. The molecule has 218 valence electrons. The number of allylic oxidation sites excluding steroid dienone is 3. The van der Waals surface area contributed by atoms with Crippen LogP contribution in [-0.2, 0) is 12.8 Å². The van der Waals surface area contributed by atoms with Crippen LogP contribution in [0.15, 0.2) is 102 Å². The number of hydrogen-bond donors (Lipinski definition) is 0. The summed E-state index contributed by atoms with van der Waals surface area (Å²) in [6.07, 6.45) is 1.89. The molecule has 5 nitrogen and oxygen atoms in total. The molecule has 46 heavy (non-hydrogen) atoms. The summed E-state index contributed by atoms with van der Waals surface area (Å²) in [5.74, 6) is -0.114. The van der Waals surface area contributed by atoms with Crippen LogP contribution in [0.1, 0.15) is 16.7 Å². The third-order valence-electron chi connectivity index (χ3n) is 10.2. The number of fused-ring (bicyclic) bond motifs is 2. The van der Waals surface area contributed by atoms with E-state index in [0.717, 1.165) is 74.7 Å². The highest BCUT2D eigenvalue weighted by molar-refractivity contribution is 6.26. The Hall–Kier alpha value is -5.91. The van der Waals surface area contributed by atoms with Crippen molar-refractivity contribution >= 4 is 59.9 Å². The number of rotatable bonds is 2. The Morgan fingerprint density at radius 3 is 1.78 bits per heavy atom. The lowest BCUT2D eigenvalue weighted by Crippen LogP contribution is -2.42. The van der Waals surface area contributed by atoms with Crippen LogP contribution in [0.5, 0.6) is 0 Å². The molecule has 2 aliphatic heterocycles.